The van der Waals surface area contributed by atoms with E-state index in [1.54, 1.807) is 37.3 Å². The molecule has 3 aromatic rings. The molecule has 0 radical (unpaired) electrons. The van der Waals surface area contributed by atoms with Crippen LogP contribution in [0.25, 0.3) is 0 Å². The number of primary amides is 1. The van der Waals surface area contributed by atoms with Gasteiger partial charge in [0.2, 0.25) is 11.8 Å². The van der Waals surface area contributed by atoms with Crippen LogP contribution in [0.2, 0.25) is 0 Å². The van der Waals surface area contributed by atoms with Gasteiger partial charge in [0.1, 0.15) is 11.5 Å². The molecule has 2 aromatic heterocycles. The second-order valence-corrected chi connectivity index (χ2v) is 8.63. The van der Waals surface area contributed by atoms with E-state index in [9.17, 15) is 14.4 Å². The number of furan rings is 1. The van der Waals surface area contributed by atoms with E-state index in [0.29, 0.717) is 46.7 Å². The number of benzene rings is 1. The van der Waals surface area contributed by atoms with Gasteiger partial charge in [0.25, 0.3) is 5.91 Å². The third-order valence-corrected chi connectivity index (χ3v) is 5.32. The van der Waals surface area contributed by atoms with Gasteiger partial charge >= 0.3 is 0 Å². The van der Waals surface area contributed by atoms with Gasteiger partial charge in [-0.15, -0.1) is 0 Å². The Morgan fingerprint density at radius 3 is 2.66 bits per heavy atom. The van der Waals surface area contributed by atoms with Gasteiger partial charge in [-0.25, -0.2) is 4.98 Å². The molecule has 0 fully saturated rings. The molecule has 0 saturated carbocycles. The highest BCUT2D eigenvalue weighted by Gasteiger charge is 2.37. The van der Waals surface area contributed by atoms with E-state index in [0.717, 1.165) is 0 Å². The first-order valence-electron chi connectivity index (χ1n) is 10.1. The molecule has 164 valence electrons. The molecule has 0 aliphatic heterocycles. The number of Topliss-reactive ketones (excluding diaryl/α,β-unsaturated/α-hetero) is 1. The van der Waals surface area contributed by atoms with Gasteiger partial charge in [0.15, 0.2) is 11.5 Å². The second kappa shape index (κ2) is 7.96. The Morgan fingerprint density at radius 2 is 1.97 bits per heavy atom. The summed E-state index contributed by atoms with van der Waals surface area (Å²) in [4.78, 5) is 40.8. The summed E-state index contributed by atoms with van der Waals surface area (Å²) in [5, 5.41) is 2.74. The van der Waals surface area contributed by atoms with Gasteiger partial charge in [-0.3, -0.25) is 14.4 Å². The number of fused-ring (bicyclic) bond motifs is 1. The minimum absolute atomic E-state index is 0.000114. The average molecular weight is 433 g/mol. The first-order valence-corrected chi connectivity index (χ1v) is 10.1. The summed E-state index contributed by atoms with van der Waals surface area (Å²) < 4.78 is 11.4. The monoisotopic (exact) mass is 433 g/mol. The van der Waals surface area contributed by atoms with E-state index in [1.165, 1.54) is 12.3 Å². The van der Waals surface area contributed by atoms with Crippen LogP contribution in [0.15, 0.2) is 47.0 Å². The molecular formula is C24H23N3O5. The largest absolute Gasteiger partial charge is 0.455 e. The van der Waals surface area contributed by atoms with Crippen molar-refractivity contribution < 1.29 is 23.5 Å². The van der Waals surface area contributed by atoms with Gasteiger partial charge in [-0.05, 0) is 36.6 Å². The fourth-order valence-corrected chi connectivity index (χ4v) is 3.84. The number of carbonyl (C=O) groups excluding carboxylic acids is 3. The molecule has 2 heterocycles. The lowest BCUT2D eigenvalue weighted by Gasteiger charge is -2.27. The van der Waals surface area contributed by atoms with Crippen LogP contribution in [-0.2, 0) is 6.42 Å². The number of carbonyl (C=O) groups is 3. The molecule has 2 amide bonds. The number of aromatic nitrogens is 1. The van der Waals surface area contributed by atoms with Crippen LogP contribution in [0.3, 0.4) is 0 Å². The Bertz CT molecular complexity index is 1220. The van der Waals surface area contributed by atoms with Crippen molar-refractivity contribution in [2.75, 3.05) is 5.32 Å². The summed E-state index contributed by atoms with van der Waals surface area (Å²) in [6.45, 7) is 5.73. The van der Waals surface area contributed by atoms with Crippen molar-refractivity contribution in [2.45, 2.75) is 33.6 Å². The second-order valence-electron chi connectivity index (χ2n) is 8.63. The standard InChI is InChI=1S/C24H23N3O5/c1-13-20-17(28)10-24(2,3)11-18(20)32-21(13)23(30)27-15-7-8-19(26-12-15)31-16-6-4-5-14(9-16)22(25)29/h4-9,12H,10-11H2,1-3H3,(H2,25,29)(H,27,30). The van der Waals surface area contributed by atoms with Crippen LogP contribution in [0, 0.1) is 12.3 Å². The van der Waals surface area contributed by atoms with Crippen LogP contribution in [0.4, 0.5) is 5.69 Å². The Morgan fingerprint density at radius 1 is 1.19 bits per heavy atom. The molecule has 3 N–H and O–H groups in total. The zero-order valence-corrected chi connectivity index (χ0v) is 18.0. The van der Waals surface area contributed by atoms with Crippen molar-refractivity contribution in [1.82, 2.24) is 4.98 Å². The van der Waals surface area contributed by atoms with E-state index in [-0.39, 0.29) is 22.8 Å². The Balaban J connectivity index is 1.48. The normalized spacial score (nSPS) is 14.5. The number of anilines is 1. The molecule has 0 atom stereocenters. The summed E-state index contributed by atoms with van der Waals surface area (Å²) in [5.74, 6) is 0.379. The predicted molar refractivity (Wildman–Crippen MR) is 117 cm³/mol. The van der Waals surface area contributed by atoms with Crippen LogP contribution in [0.5, 0.6) is 11.6 Å². The lowest BCUT2D eigenvalue weighted by atomic mass is 9.76. The molecule has 8 nitrogen and oxygen atoms in total. The highest BCUT2D eigenvalue weighted by atomic mass is 16.5. The molecule has 0 unspecified atom stereocenters. The Labute approximate surface area is 184 Å². The number of amides is 2. The molecule has 0 saturated heterocycles. The minimum atomic E-state index is -0.554. The number of ether oxygens (including phenoxy) is 1. The number of hydrogen-bond acceptors (Lipinski definition) is 6. The van der Waals surface area contributed by atoms with Gasteiger partial charge in [-0.1, -0.05) is 19.9 Å². The third-order valence-electron chi connectivity index (χ3n) is 5.32. The van der Waals surface area contributed by atoms with Gasteiger partial charge < -0.3 is 20.2 Å². The first kappa shape index (κ1) is 21.3. The predicted octanol–water partition coefficient (Wildman–Crippen LogP) is 4.28. The van der Waals surface area contributed by atoms with Crippen molar-refractivity contribution in [1.29, 1.82) is 0 Å². The first-order chi connectivity index (χ1) is 15.1. The number of rotatable bonds is 5. The van der Waals surface area contributed by atoms with Crippen molar-refractivity contribution >= 4 is 23.3 Å². The lowest BCUT2D eigenvalue weighted by molar-refractivity contribution is 0.0898. The van der Waals surface area contributed by atoms with Gasteiger partial charge in [-0.2, -0.15) is 0 Å². The van der Waals surface area contributed by atoms with E-state index in [4.69, 9.17) is 14.9 Å². The lowest BCUT2D eigenvalue weighted by Crippen LogP contribution is -2.26. The van der Waals surface area contributed by atoms with Crippen LogP contribution < -0.4 is 15.8 Å². The highest BCUT2D eigenvalue weighted by molar-refractivity contribution is 6.07. The molecule has 8 heteroatoms. The number of nitrogens with two attached hydrogens (primary N) is 1. The summed E-state index contributed by atoms with van der Waals surface area (Å²) in [6.07, 6.45) is 2.47. The van der Waals surface area contributed by atoms with Gasteiger partial charge in [0.05, 0.1) is 17.4 Å². The van der Waals surface area contributed by atoms with E-state index >= 15 is 0 Å². The number of hydrogen-bond donors (Lipinski definition) is 2. The summed E-state index contributed by atoms with van der Waals surface area (Å²) in [7, 11) is 0. The van der Waals surface area contributed by atoms with E-state index < -0.39 is 11.8 Å². The maximum Gasteiger partial charge on any atom is 0.291 e. The zero-order chi connectivity index (χ0) is 23.0. The third kappa shape index (κ3) is 4.25. The number of nitrogens with one attached hydrogen (secondary N) is 1. The maximum absolute atomic E-state index is 12.8. The number of pyridine rings is 1. The van der Waals surface area contributed by atoms with E-state index in [2.05, 4.69) is 10.3 Å². The smallest absolute Gasteiger partial charge is 0.291 e. The van der Waals surface area contributed by atoms with Crippen molar-refractivity contribution in [3.05, 3.63) is 70.8 Å². The number of nitrogens with zero attached hydrogens (tertiary/aromatic N) is 1. The van der Waals surface area contributed by atoms with E-state index in [1.807, 2.05) is 13.8 Å². The molecule has 0 spiro atoms. The molecule has 32 heavy (non-hydrogen) atoms. The molecule has 0 bridgehead atoms. The zero-order valence-electron chi connectivity index (χ0n) is 18.0. The molecule has 4 rings (SSSR count). The average Bonchev–Trinajstić information content (AvgIpc) is 3.05. The molecule has 1 aliphatic rings. The van der Waals surface area contributed by atoms with Crippen LogP contribution >= 0.6 is 0 Å². The fourth-order valence-electron chi connectivity index (χ4n) is 3.84. The quantitative estimate of drug-likeness (QED) is 0.619. The minimum Gasteiger partial charge on any atom is -0.455 e. The SMILES string of the molecule is Cc1c(C(=O)Nc2ccc(Oc3cccc(C(N)=O)c3)nc2)oc2c1C(=O)CC(C)(C)C2. The fraction of sp³-hybridized carbons (Fsp3) is 0.250. The van der Waals surface area contributed by atoms with Crippen LogP contribution in [-0.4, -0.2) is 22.6 Å². The topological polar surface area (TPSA) is 125 Å². The van der Waals surface area contributed by atoms with Crippen molar-refractivity contribution in [3.63, 3.8) is 0 Å². The Kier molecular flexibility index (Phi) is 5.30. The van der Waals surface area contributed by atoms with Gasteiger partial charge in [0, 0.05) is 30.0 Å². The molecule has 1 aromatic carbocycles. The molecular weight excluding hydrogens is 410 g/mol. The van der Waals surface area contributed by atoms with Crippen molar-refractivity contribution in [3.8, 4) is 11.6 Å². The maximum atomic E-state index is 12.8. The summed E-state index contributed by atoms with van der Waals surface area (Å²) >= 11 is 0. The summed E-state index contributed by atoms with van der Waals surface area (Å²) in [5.41, 5.74) is 6.92. The molecule has 1 aliphatic carbocycles. The highest BCUT2D eigenvalue weighted by Crippen LogP contribution is 2.38. The number of ketones is 1. The van der Waals surface area contributed by atoms with Crippen molar-refractivity contribution in [2.24, 2.45) is 11.1 Å². The summed E-state index contributed by atoms with van der Waals surface area (Å²) in [6, 6.07) is 9.65. The Hall–Kier alpha value is -3.94. The van der Waals surface area contributed by atoms with Crippen LogP contribution in [0.1, 0.15) is 62.9 Å².